The van der Waals surface area contributed by atoms with Crippen LogP contribution < -0.4 is 5.43 Å². The summed E-state index contributed by atoms with van der Waals surface area (Å²) in [5.41, 5.74) is 5.95. The second-order valence-electron chi connectivity index (χ2n) is 5.55. The van der Waals surface area contributed by atoms with Crippen LogP contribution in [-0.2, 0) is 30.6 Å². The topological polar surface area (TPSA) is 42.1 Å². The maximum atomic E-state index is 12.6. The summed E-state index contributed by atoms with van der Waals surface area (Å²) < 4.78 is 5.42. The molecule has 19 heavy (non-hydrogen) atoms. The third-order valence-corrected chi connectivity index (χ3v) is 4.43. The van der Waals surface area contributed by atoms with Crippen molar-refractivity contribution >= 4 is 10.9 Å². The van der Waals surface area contributed by atoms with E-state index in [0.29, 0.717) is 13.2 Å². The number of hydrogen-bond acceptors (Lipinski definition) is 2. The number of benzene rings is 1. The van der Waals surface area contributed by atoms with Gasteiger partial charge in [0.2, 0.25) is 0 Å². The molecule has 98 valence electrons. The van der Waals surface area contributed by atoms with Gasteiger partial charge in [-0.25, -0.2) is 0 Å². The van der Waals surface area contributed by atoms with Gasteiger partial charge < -0.3 is 9.72 Å². The summed E-state index contributed by atoms with van der Waals surface area (Å²) in [7, 11) is 0. The van der Waals surface area contributed by atoms with Gasteiger partial charge in [0.25, 0.3) is 0 Å². The van der Waals surface area contributed by atoms with Crippen LogP contribution in [0.3, 0.4) is 0 Å². The van der Waals surface area contributed by atoms with Crippen LogP contribution in [0.2, 0.25) is 0 Å². The average Bonchev–Trinajstić information content (AvgIpc) is 2.47. The van der Waals surface area contributed by atoms with Crippen molar-refractivity contribution in [1.82, 2.24) is 4.98 Å². The normalized spacial score (nSPS) is 18.1. The van der Waals surface area contributed by atoms with Gasteiger partial charge in [0.1, 0.15) is 0 Å². The van der Waals surface area contributed by atoms with Crippen LogP contribution >= 0.6 is 0 Å². The lowest BCUT2D eigenvalue weighted by Gasteiger charge is -2.21. The van der Waals surface area contributed by atoms with Gasteiger partial charge in [0.15, 0.2) is 5.43 Å². The molecule has 2 heterocycles. The highest BCUT2D eigenvalue weighted by Gasteiger charge is 2.19. The zero-order chi connectivity index (χ0) is 12.8. The first-order valence-corrected chi connectivity index (χ1v) is 7.11. The van der Waals surface area contributed by atoms with Crippen molar-refractivity contribution in [3.05, 3.63) is 44.7 Å². The molecule has 0 saturated carbocycles. The van der Waals surface area contributed by atoms with Gasteiger partial charge in [-0.3, -0.25) is 4.79 Å². The first-order valence-electron chi connectivity index (χ1n) is 7.11. The number of hydrogen-bond donors (Lipinski definition) is 1. The lowest BCUT2D eigenvalue weighted by molar-refractivity contribution is 0.108. The van der Waals surface area contributed by atoms with Gasteiger partial charge in [0.05, 0.1) is 18.7 Å². The Kier molecular flexibility index (Phi) is 2.49. The molecule has 0 bridgehead atoms. The van der Waals surface area contributed by atoms with E-state index < -0.39 is 0 Å². The zero-order valence-electron chi connectivity index (χ0n) is 10.9. The number of ether oxygens (including phenoxy) is 1. The standard InChI is InChI=1S/C16H17NO2/c18-16-12-6-5-10-3-1-2-4-11(10)15(12)17-14-7-8-19-9-13(14)16/h5-6H,1-4,7-9H2,(H,17,18). The predicted molar refractivity (Wildman–Crippen MR) is 74.6 cm³/mol. The summed E-state index contributed by atoms with van der Waals surface area (Å²) in [6, 6.07) is 4.13. The Morgan fingerprint density at radius 3 is 2.89 bits per heavy atom. The Labute approximate surface area is 111 Å². The van der Waals surface area contributed by atoms with Gasteiger partial charge in [-0.2, -0.15) is 0 Å². The third-order valence-electron chi connectivity index (χ3n) is 4.43. The van der Waals surface area contributed by atoms with Crippen molar-refractivity contribution in [2.75, 3.05) is 6.61 Å². The predicted octanol–water partition coefficient (Wildman–Crippen LogP) is 2.48. The molecule has 3 heteroatoms. The number of rotatable bonds is 0. The first kappa shape index (κ1) is 11.2. The number of aromatic nitrogens is 1. The van der Waals surface area contributed by atoms with Crippen LogP contribution in [0.1, 0.15) is 35.2 Å². The average molecular weight is 255 g/mol. The van der Waals surface area contributed by atoms with E-state index in [9.17, 15) is 4.79 Å². The number of nitrogens with one attached hydrogen (secondary N) is 1. The maximum Gasteiger partial charge on any atom is 0.195 e. The summed E-state index contributed by atoms with van der Waals surface area (Å²) in [6.07, 6.45) is 5.56. The molecule has 0 atom stereocenters. The number of H-pyrrole nitrogens is 1. The largest absolute Gasteiger partial charge is 0.376 e. The molecule has 3 nitrogen and oxygen atoms in total. The van der Waals surface area contributed by atoms with Crippen molar-refractivity contribution in [1.29, 1.82) is 0 Å². The summed E-state index contributed by atoms with van der Waals surface area (Å²) in [5.74, 6) is 0. The molecule has 4 rings (SSSR count). The molecule has 0 saturated heterocycles. The van der Waals surface area contributed by atoms with E-state index >= 15 is 0 Å². The van der Waals surface area contributed by atoms with Crippen LogP contribution in [0.5, 0.6) is 0 Å². The van der Waals surface area contributed by atoms with Gasteiger partial charge in [-0.1, -0.05) is 6.07 Å². The van der Waals surface area contributed by atoms with E-state index in [4.69, 9.17) is 4.74 Å². The number of aromatic amines is 1. The third kappa shape index (κ3) is 1.65. The lowest BCUT2D eigenvalue weighted by Crippen LogP contribution is -2.22. The second kappa shape index (κ2) is 4.20. The first-order chi connectivity index (χ1) is 9.34. The highest BCUT2D eigenvalue weighted by atomic mass is 16.5. The van der Waals surface area contributed by atoms with Gasteiger partial charge in [0, 0.05) is 23.1 Å². The van der Waals surface area contributed by atoms with Crippen molar-refractivity contribution in [2.24, 2.45) is 0 Å². The Morgan fingerprint density at radius 2 is 1.95 bits per heavy atom. The van der Waals surface area contributed by atoms with Crippen LogP contribution in [0.15, 0.2) is 16.9 Å². The highest BCUT2D eigenvalue weighted by molar-refractivity contribution is 5.84. The molecule has 1 N–H and O–H groups in total. The minimum absolute atomic E-state index is 0.164. The molecular formula is C16H17NO2. The fourth-order valence-electron chi connectivity index (χ4n) is 3.40. The number of aryl methyl sites for hydroxylation is 2. The Hall–Kier alpha value is -1.61. The van der Waals surface area contributed by atoms with Crippen LogP contribution in [0, 0.1) is 0 Å². The summed E-state index contributed by atoms with van der Waals surface area (Å²) in [5, 5.41) is 0.838. The van der Waals surface area contributed by atoms with Crippen LogP contribution in [-0.4, -0.2) is 11.6 Å². The quantitative estimate of drug-likeness (QED) is 0.785. The number of pyridine rings is 1. The fraction of sp³-hybridized carbons (Fsp3) is 0.438. The summed E-state index contributed by atoms with van der Waals surface area (Å²) >= 11 is 0. The molecule has 0 radical (unpaired) electrons. The fourth-order valence-corrected chi connectivity index (χ4v) is 3.40. The van der Waals surface area contributed by atoms with E-state index in [-0.39, 0.29) is 5.43 Å². The van der Waals surface area contributed by atoms with Crippen molar-refractivity contribution in [3.8, 4) is 0 Å². The molecular weight excluding hydrogens is 238 g/mol. The molecule has 0 unspecified atom stereocenters. The summed E-state index contributed by atoms with van der Waals surface area (Å²) in [4.78, 5) is 16.1. The van der Waals surface area contributed by atoms with E-state index in [1.807, 2.05) is 6.07 Å². The van der Waals surface area contributed by atoms with E-state index in [1.165, 1.54) is 24.0 Å². The van der Waals surface area contributed by atoms with Gasteiger partial charge in [-0.05, 0) is 42.9 Å². The highest BCUT2D eigenvalue weighted by Crippen LogP contribution is 2.28. The van der Waals surface area contributed by atoms with Crippen molar-refractivity contribution in [2.45, 2.75) is 38.7 Å². The Bertz CT molecular complexity index is 715. The Balaban J connectivity index is 2.07. The van der Waals surface area contributed by atoms with Crippen LogP contribution in [0.25, 0.3) is 10.9 Å². The van der Waals surface area contributed by atoms with Crippen molar-refractivity contribution in [3.63, 3.8) is 0 Å². The van der Waals surface area contributed by atoms with Gasteiger partial charge in [-0.15, -0.1) is 0 Å². The molecule has 2 aromatic rings. The number of fused-ring (bicyclic) bond motifs is 4. The molecule has 2 aliphatic rings. The minimum Gasteiger partial charge on any atom is -0.376 e. The molecule has 0 fully saturated rings. The molecule has 1 aromatic carbocycles. The monoisotopic (exact) mass is 255 g/mol. The van der Waals surface area contributed by atoms with Crippen molar-refractivity contribution < 1.29 is 4.74 Å². The van der Waals surface area contributed by atoms with E-state index in [2.05, 4.69) is 11.1 Å². The van der Waals surface area contributed by atoms with E-state index in [1.54, 1.807) is 0 Å². The molecule has 0 amide bonds. The summed E-state index contributed by atoms with van der Waals surface area (Å²) in [6.45, 7) is 1.17. The SMILES string of the molecule is O=c1c2c([nH]c3c4c(ccc13)CCCC4)CCOC2. The molecule has 1 aliphatic heterocycles. The Morgan fingerprint density at radius 1 is 1.05 bits per heavy atom. The minimum atomic E-state index is 0.164. The van der Waals surface area contributed by atoms with Gasteiger partial charge >= 0.3 is 0 Å². The lowest BCUT2D eigenvalue weighted by atomic mass is 9.89. The van der Waals surface area contributed by atoms with E-state index in [0.717, 1.165) is 41.4 Å². The smallest absolute Gasteiger partial charge is 0.195 e. The van der Waals surface area contributed by atoms with Crippen LogP contribution in [0.4, 0.5) is 0 Å². The zero-order valence-corrected chi connectivity index (χ0v) is 10.9. The molecule has 0 spiro atoms. The maximum absolute atomic E-state index is 12.6. The molecule has 1 aromatic heterocycles. The second-order valence-corrected chi connectivity index (χ2v) is 5.55. The molecule has 1 aliphatic carbocycles.